The number of anilines is 1. The third kappa shape index (κ3) is 3.74. The summed E-state index contributed by atoms with van der Waals surface area (Å²) in [7, 11) is 0. The number of carboxylic acids is 2. The topological polar surface area (TPSA) is 115 Å². The third-order valence-corrected chi connectivity index (χ3v) is 7.63. The number of hydrogen-bond acceptors (Lipinski definition) is 4. The maximum atomic E-state index is 12.3. The van der Waals surface area contributed by atoms with Gasteiger partial charge in [0, 0.05) is 15.8 Å². The Morgan fingerprint density at radius 3 is 2.35 bits per heavy atom. The normalized spacial score (nSPS) is 20.8. The predicted molar refractivity (Wildman–Crippen MR) is 119 cm³/mol. The number of thiophene rings is 1. The molecule has 1 aliphatic carbocycles. The van der Waals surface area contributed by atoms with Gasteiger partial charge in [-0.25, -0.2) is 18.1 Å². The SMILES string of the molecule is O=C(O)c1ccccc1C1CC1(C(=O)O)N(c1ccc(-c2ccc(Cl)cc2)s1)S(=O)O. The van der Waals surface area contributed by atoms with Gasteiger partial charge in [0.15, 0.2) is 5.54 Å². The van der Waals surface area contributed by atoms with Crippen molar-refractivity contribution in [2.24, 2.45) is 0 Å². The highest BCUT2D eigenvalue weighted by Crippen LogP contribution is 2.59. The number of nitrogens with zero attached hydrogens (tertiary/aromatic N) is 1. The van der Waals surface area contributed by atoms with Crippen LogP contribution >= 0.6 is 22.9 Å². The van der Waals surface area contributed by atoms with Crippen LogP contribution in [0, 0.1) is 0 Å². The second kappa shape index (κ2) is 8.08. The standard InChI is InChI=1S/C21H16ClNO6S2/c22-13-7-5-12(6-8-13)17-9-10-18(30-17)23(31(28)29)21(20(26)27)11-16(21)14-3-1-2-4-15(14)19(24)25/h1-10,16H,11H2,(H,24,25)(H,26,27)(H,28,29). The van der Waals surface area contributed by atoms with E-state index < -0.39 is 34.7 Å². The minimum atomic E-state index is -2.65. The van der Waals surface area contributed by atoms with Gasteiger partial charge in [0.2, 0.25) is 0 Å². The molecule has 0 aliphatic heterocycles. The van der Waals surface area contributed by atoms with Crippen LogP contribution in [-0.4, -0.2) is 36.5 Å². The minimum Gasteiger partial charge on any atom is -0.479 e. The Bertz CT molecular complexity index is 1190. The zero-order chi connectivity index (χ0) is 22.3. The summed E-state index contributed by atoms with van der Waals surface area (Å²) in [5.41, 5.74) is -0.597. The molecule has 3 unspecified atom stereocenters. The van der Waals surface area contributed by atoms with Crippen molar-refractivity contribution in [2.45, 2.75) is 17.9 Å². The predicted octanol–water partition coefficient (Wildman–Crippen LogP) is 4.72. The maximum absolute atomic E-state index is 12.3. The Morgan fingerprint density at radius 1 is 1.06 bits per heavy atom. The number of hydrogen-bond donors (Lipinski definition) is 3. The van der Waals surface area contributed by atoms with E-state index in [1.165, 1.54) is 17.4 Å². The Kier molecular flexibility index (Phi) is 5.61. The molecule has 1 fully saturated rings. The lowest BCUT2D eigenvalue weighted by Crippen LogP contribution is -2.46. The van der Waals surface area contributed by atoms with Crippen molar-refractivity contribution in [2.75, 3.05) is 4.31 Å². The van der Waals surface area contributed by atoms with Crippen LogP contribution in [0.4, 0.5) is 5.00 Å². The van der Waals surface area contributed by atoms with E-state index in [2.05, 4.69) is 0 Å². The number of aromatic carboxylic acids is 1. The largest absolute Gasteiger partial charge is 0.479 e. The zero-order valence-electron chi connectivity index (χ0n) is 15.8. The van der Waals surface area contributed by atoms with Crippen molar-refractivity contribution in [3.63, 3.8) is 0 Å². The van der Waals surface area contributed by atoms with E-state index in [1.807, 2.05) is 0 Å². The highest BCUT2D eigenvalue weighted by atomic mass is 35.5. The van der Waals surface area contributed by atoms with E-state index >= 15 is 0 Å². The second-order valence-corrected chi connectivity index (χ2v) is 9.37. The summed E-state index contributed by atoms with van der Waals surface area (Å²) in [5.74, 6) is -3.23. The molecule has 10 heteroatoms. The summed E-state index contributed by atoms with van der Waals surface area (Å²) in [6.07, 6.45) is 0.00705. The monoisotopic (exact) mass is 477 g/mol. The Balaban J connectivity index is 1.76. The van der Waals surface area contributed by atoms with Crippen LogP contribution in [0.15, 0.2) is 60.7 Å². The summed E-state index contributed by atoms with van der Waals surface area (Å²) in [6.45, 7) is 0. The van der Waals surface area contributed by atoms with Crippen molar-refractivity contribution in [3.8, 4) is 10.4 Å². The molecule has 0 spiro atoms. The number of rotatable bonds is 7. The van der Waals surface area contributed by atoms with E-state index in [0.717, 1.165) is 14.7 Å². The third-order valence-electron chi connectivity index (χ3n) is 5.31. The van der Waals surface area contributed by atoms with Crippen LogP contribution in [0.3, 0.4) is 0 Å². The number of carboxylic acid groups (broad SMARTS) is 2. The maximum Gasteiger partial charge on any atom is 0.335 e. The smallest absolute Gasteiger partial charge is 0.335 e. The van der Waals surface area contributed by atoms with Gasteiger partial charge in [0.25, 0.3) is 11.3 Å². The molecule has 31 heavy (non-hydrogen) atoms. The van der Waals surface area contributed by atoms with Crippen molar-refractivity contribution in [1.29, 1.82) is 0 Å². The lowest BCUT2D eigenvalue weighted by molar-refractivity contribution is -0.139. The van der Waals surface area contributed by atoms with Crippen molar-refractivity contribution < 1.29 is 28.6 Å². The van der Waals surface area contributed by atoms with E-state index in [0.29, 0.717) is 15.6 Å². The van der Waals surface area contributed by atoms with Crippen molar-refractivity contribution in [1.82, 2.24) is 0 Å². The molecule has 1 aromatic heterocycles. The Morgan fingerprint density at radius 2 is 1.74 bits per heavy atom. The summed E-state index contributed by atoms with van der Waals surface area (Å²) >= 11 is 4.45. The molecule has 2 aromatic carbocycles. The molecular weight excluding hydrogens is 462 g/mol. The summed E-state index contributed by atoms with van der Waals surface area (Å²) in [5, 5.41) is 20.4. The summed E-state index contributed by atoms with van der Waals surface area (Å²) < 4.78 is 23.3. The Hall–Kier alpha value is -2.72. The molecule has 3 N–H and O–H groups in total. The highest BCUT2D eigenvalue weighted by molar-refractivity contribution is 7.81. The first-order chi connectivity index (χ1) is 14.8. The van der Waals surface area contributed by atoms with Gasteiger partial charge >= 0.3 is 11.9 Å². The lowest BCUT2D eigenvalue weighted by atomic mass is 10.00. The fourth-order valence-corrected chi connectivity index (χ4v) is 5.98. The van der Waals surface area contributed by atoms with Gasteiger partial charge < -0.3 is 10.2 Å². The quantitative estimate of drug-likeness (QED) is 0.424. The van der Waals surface area contributed by atoms with Gasteiger partial charge in [-0.15, -0.1) is 11.3 Å². The highest BCUT2D eigenvalue weighted by Gasteiger charge is 2.68. The zero-order valence-corrected chi connectivity index (χ0v) is 18.2. The molecule has 1 saturated carbocycles. The van der Waals surface area contributed by atoms with E-state index in [9.17, 15) is 28.6 Å². The van der Waals surface area contributed by atoms with Gasteiger partial charge in [-0.05, 0) is 47.9 Å². The second-order valence-electron chi connectivity index (χ2n) is 7.05. The van der Waals surface area contributed by atoms with Gasteiger partial charge in [0.1, 0.15) is 5.00 Å². The lowest BCUT2D eigenvalue weighted by Gasteiger charge is -2.27. The van der Waals surface area contributed by atoms with Crippen LogP contribution < -0.4 is 4.31 Å². The molecule has 1 aliphatic rings. The average Bonchev–Trinajstić information content (AvgIpc) is 3.29. The molecule has 160 valence electrons. The summed E-state index contributed by atoms with van der Waals surface area (Å²) in [6, 6.07) is 16.5. The average molecular weight is 478 g/mol. The van der Waals surface area contributed by atoms with E-state index in [4.69, 9.17) is 11.6 Å². The van der Waals surface area contributed by atoms with Crippen molar-refractivity contribution >= 4 is 51.1 Å². The van der Waals surface area contributed by atoms with Crippen LogP contribution in [0.2, 0.25) is 5.02 Å². The molecule has 3 atom stereocenters. The molecule has 0 amide bonds. The minimum absolute atomic E-state index is 0.00705. The first kappa shape index (κ1) is 21.5. The van der Waals surface area contributed by atoms with Crippen molar-refractivity contribution in [3.05, 3.63) is 76.8 Å². The number of carbonyl (C=O) groups is 2. The molecule has 0 saturated heterocycles. The van der Waals surface area contributed by atoms with E-state index in [-0.39, 0.29) is 12.0 Å². The van der Waals surface area contributed by atoms with Crippen LogP contribution in [0.1, 0.15) is 28.3 Å². The molecular formula is C21H16ClNO6S2. The molecule has 0 bridgehead atoms. The first-order valence-corrected chi connectivity index (χ1v) is 11.3. The molecule has 3 aromatic rings. The fraction of sp³-hybridized carbons (Fsp3) is 0.143. The first-order valence-electron chi connectivity index (χ1n) is 9.08. The van der Waals surface area contributed by atoms with Crippen LogP contribution in [0.5, 0.6) is 0 Å². The number of halogens is 1. The van der Waals surface area contributed by atoms with Crippen LogP contribution in [0.25, 0.3) is 10.4 Å². The van der Waals surface area contributed by atoms with Gasteiger partial charge in [-0.1, -0.05) is 41.9 Å². The number of aliphatic carboxylic acids is 1. The van der Waals surface area contributed by atoms with E-state index in [1.54, 1.807) is 54.6 Å². The van der Waals surface area contributed by atoms with Gasteiger partial charge in [0.05, 0.1) is 5.56 Å². The van der Waals surface area contributed by atoms with Crippen LogP contribution in [-0.2, 0) is 16.1 Å². The molecule has 7 nitrogen and oxygen atoms in total. The molecule has 0 radical (unpaired) electrons. The molecule has 4 rings (SSSR count). The molecule has 1 heterocycles. The number of benzene rings is 2. The fourth-order valence-electron chi connectivity index (χ4n) is 3.78. The van der Waals surface area contributed by atoms with Gasteiger partial charge in [-0.2, -0.15) is 0 Å². The Labute approximate surface area is 188 Å². The summed E-state index contributed by atoms with van der Waals surface area (Å²) in [4.78, 5) is 24.7. The van der Waals surface area contributed by atoms with Gasteiger partial charge in [-0.3, -0.25) is 4.55 Å².